The molecular formula is C14H18Cl3NO3. The first-order valence-electron chi connectivity index (χ1n) is 6.53. The minimum atomic E-state index is -2.06. The highest BCUT2D eigenvalue weighted by molar-refractivity contribution is 6.77. The molecule has 0 aliphatic rings. The number of halogens is 3. The molecule has 4 nitrogen and oxygen atoms in total. The van der Waals surface area contributed by atoms with E-state index in [1.807, 2.05) is 20.8 Å². The lowest BCUT2D eigenvalue weighted by molar-refractivity contribution is 0.0578. The molecule has 0 saturated carbocycles. The van der Waals surface area contributed by atoms with Crippen LogP contribution < -0.4 is 0 Å². The molecule has 0 aliphatic heterocycles. The molecular weight excluding hydrogens is 337 g/mol. The van der Waals surface area contributed by atoms with Crippen molar-refractivity contribution < 1.29 is 14.3 Å². The quantitative estimate of drug-likeness (QED) is 0.448. The molecule has 0 unspecified atom stereocenters. The summed E-state index contributed by atoms with van der Waals surface area (Å²) >= 11 is 16.9. The van der Waals surface area contributed by atoms with Crippen LogP contribution in [0.2, 0.25) is 0 Å². The second kappa shape index (κ2) is 6.59. The average molecular weight is 355 g/mol. The van der Waals surface area contributed by atoms with Gasteiger partial charge in [-0.15, -0.1) is 0 Å². The molecule has 0 aromatic carbocycles. The van der Waals surface area contributed by atoms with Gasteiger partial charge >= 0.3 is 5.97 Å². The smallest absolute Gasteiger partial charge is 0.354 e. The van der Waals surface area contributed by atoms with E-state index in [-0.39, 0.29) is 16.8 Å². The first kappa shape index (κ1) is 18.3. The fourth-order valence-corrected chi connectivity index (χ4v) is 2.38. The van der Waals surface area contributed by atoms with Crippen LogP contribution in [0.4, 0.5) is 0 Å². The molecule has 21 heavy (non-hydrogen) atoms. The van der Waals surface area contributed by atoms with E-state index in [0.29, 0.717) is 0 Å². The zero-order valence-corrected chi connectivity index (χ0v) is 14.6. The minimum absolute atomic E-state index is 0.170. The highest BCUT2D eigenvalue weighted by Gasteiger charge is 2.35. The molecule has 0 aliphatic carbocycles. The lowest BCUT2D eigenvalue weighted by Gasteiger charge is -2.30. The Balaban J connectivity index is 3.46. The van der Waals surface area contributed by atoms with Crippen molar-refractivity contribution in [3.63, 3.8) is 0 Å². The number of hydrogen-bond acceptors (Lipinski definition) is 3. The zero-order chi connectivity index (χ0) is 16.4. The van der Waals surface area contributed by atoms with E-state index >= 15 is 0 Å². The number of rotatable bonds is 5. The Labute approximate surface area is 139 Å². The van der Waals surface area contributed by atoms with Crippen LogP contribution in [-0.4, -0.2) is 27.2 Å². The number of nitrogens with zero attached hydrogens (tertiary/aromatic N) is 1. The Bertz CT molecular complexity index is 542. The lowest BCUT2D eigenvalue weighted by atomic mass is 9.95. The molecule has 0 amide bonds. The summed E-state index contributed by atoms with van der Waals surface area (Å²) in [5.74, 6) is -1.21. The van der Waals surface area contributed by atoms with Gasteiger partial charge in [0.25, 0.3) is 3.79 Å². The summed E-state index contributed by atoms with van der Waals surface area (Å²) in [7, 11) is 1.28. The SMILES string of the molecule is CCC(C)(CC)n1cc(C(=O)C(Cl)(Cl)Cl)cc1C(=O)OC. The number of ketones is 1. The van der Waals surface area contributed by atoms with Crippen LogP contribution in [0.15, 0.2) is 12.3 Å². The van der Waals surface area contributed by atoms with Gasteiger partial charge in [-0.25, -0.2) is 4.79 Å². The van der Waals surface area contributed by atoms with E-state index in [1.165, 1.54) is 13.2 Å². The van der Waals surface area contributed by atoms with Crippen LogP contribution >= 0.6 is 34.8 Å². The van der Waals surface area contributed by atoms with E-state index in [9.17, 15) is 9.59 Å². The molecule has 0 spiro atoms. The van der Waals surface area contributed by atoms with Crippen molar-refractivity contribution >= 4 is 46.6 Å². The average Bonchev–Trinajstić information content (AvgIpc) is 2.89. The molecule has 118 valence electrons. The van der Waals surface area contributed by atoms with Crippen molar-refractivity contribution in [2.45, 2.75) is 42.9 Å². The number of Topliss-reactive ketones (excluding diaryl/α,β-unsaturated/α-hetero) is 1. The first-order chi connectivity index (χ1) is 9.60. The van der Waals surface area contributed by atoms with Gasteiger partial charge in [0.05, 0.1) is 7.11 Å². The topological polar surface area (TPSA) is 48.3 Å². The number of ether oxygens (including phenoxy) is 1. The summed E-state index contributed by atoms with van der Waals surface area (Å²) < 4.78 is 4.43. The largest absolute Gasteiger partial charge is 0.464 e. The van der Waals surface area contributed by atoms with E-state index in [1.54, 1.807) is 10.8 Å². The monoisotopic (exact) mass is 353 g/mol. The number of carbonyl (C=O) groups excluding carboxylic acids is 2. The van der Waals surface area contributed by atoms with E-state index < -0.39 is 15.5 Å². The Morgan fingerprint density at radius 3 is 2.14 bits per heavy atom. The molecule has 0 saturated heterocycles. The van der Waals surface area contributed by atoms with Gasteiger partial charge in [-0.2, -0.15) is 0 Å². The van der Waals surface area contributed by atoms with Crippen molar-refractivity contribution in [3.05, 3.63) is 23.5 Å². The van der Waals surface area contributed by atoms with Crippen LogP contribution in [0.3, 0.4) is 0 Å². The number of hydrogen-bond donors (Lipinski definition) is 0. The molecule has 1 rings (SSSR count). The third kappa shape index (κ3) is 3.74. The standard InChI is InChI=1S/C14H18Cl3NO3/c1-5-13(3,6-2)18-8-9(11(19)14(15,16)17)7-10(18)12(20)21-4/h7-8H,5-6H2,1-4H3. The molecule has 1 aromatic rings. The van der Waals surface area contributed by atoms with E-state index in [0.717, 1.165) is 12.8 Å². The predicted molar refractivity (Wildman–Crippen MR) is 84.6 cm³/mol. The van der Waals surface area contributed by atoms with Gasteiger partial charge < -0.3 is 9.30 Å². The van der Waals surface area contributed by atoms with Crippen molar-refractivity contribution in [1.82, 2.24) is 4.57 Å². The molecule has 0 atom stereocenters. The summed E-state index contributed by atoms with van der Waals surface area (Å²) in [6.45, 7) is 5.99. The number of carbonyl (C=O) groups is 2. The van der Waals surface area contributed by atoms with Gasteiger partial charge in [0.1, 0.15) is 5.69 Å². The van der Waals surface area contributed by atoms with Crippen molar-refractivity contribution in [2.75, 3.05) is 7.11 Å². The molecule has 0 radical (unpaired) electrons. The number of alkyl halides is 3. The van der Waals surface area contributed by atoms with Crippen LogP contribution in [0, 0.1) is 0 Å². The Hall–Kier alpha value is -0.710. The highest BCUT2D eigenvalue weighted by Crippen LogP contribution is 2.34. The second-order valence-corrected chi connectivity index (χ2v) is 7.29. The van der Waals surface area contributed by atoms with Crippen LogP contribution in [-0.2, 0) is 10.3 Å². The molecule has 1 heterocycles. The minimum Gasteiger partial charge on any atom is -0.464 e. The van der Waals surface area contributed by atoms with Gasteiger partial charge in [0.15, 0.2) is 0 Å². The van der Waals surface area contributed by atoms with Crippen molar-refractivity contribution in [1.29, 1.82) is 0 Å². The maximum Gasteiger partial charge on any atom is 0.354 e. The Morgan fingerprint density at radius 1 is 1.24 bits per heavy atom. The summed E-state index contributed by atoms with van der Waals surface area (Å²) in [5, 5.41) is 0. The molecule has 7 heteroatoms. The maximum atomic E-state index is 12.1. The highest BCUT2D eigenvalue weighted by atomic mass is 35.6. The van der Waals surface area contributed by atoms with Gasteiger partial charge in [0.2, 0.25) is 5.78 Å². The third-order valence-corrected chi connectivity index (χ3v) is 4.35. The fraction of sp³-hybridized carbons (Fsp3) is 0.571. The fourth-order valence-electron chi connectivity index (χ4n) is 2.05. The summed E-state index contributed by atoms with van der Waals surface area (Å²) in [4.78, 5) is 24.0. The van der Waals surface area contributed by atoms with E-state index in [2.05, 4.69) is 0 Å². The third-order valence-electron chi connectivity index (χ3n) is 3.84. The van der Waals surface area contributed by atoms with Crippen molar-refractivity contribution in [2.24, 2.45) is 0 Å². The molecule has 0 fully saturated rings. The second-order valence-electron chi connectivity index (χ2n) is 5.01. The predicted octanol–water partition coefficient (Wildman–Crippen LogP) is 4.36. The van der Waals surface area contributed by atoms with Gasteiger partial charge in [-0.05, 0) is 25.8 Å². The van der Waals surface area contributed by atoms with Crippen LogP contribution in [0.1, 0.15) is 54.5 Å². The van der Waals surface area contributed by atoms with E-state index in [4.69, 9.17) is 39.5 Å². The number of aromatic nitrogens is 1. The lowest BCUT2D eigenvalue weighted by Crippen LogP contribution is -2.31. The van der Waals surface area contributed by atoms with Crippen LogP contribution in [0.5, 0.6) is 0 Å². The normalized spacial score (nSPS) is 12.3. The maximum absolute atomic E-state index is 12.1. The van der Waals surface area contributed by atoms with Crippen LogP contribution in [0.25, 0.3) is 0 Å². The Morgan fingerprint density at radius 2 is 1.76 bits per heavy atom. The number of methoxy groups -OCH3 is 1. The Kier molecular flexibility index (Phi) is 5.76. The molecule has 0 bridgehead atoms. The summed E-state index contributed by atoms with van der Waals surface area (Å²) in [5.41, 5.74) is 0.0974. The first-order valence-corrected chi connectivity index (χ1v) is 7.66. The molecule has 0 N–H and O–H groups in total. The molecule has 1 aromatic heterocycles. The summed E-state index contributed by atoms with van der Waals surface area (Å²) in [6, 6.07) is 1.40. The van der Waals surface area contributed by atoms with Gasteiger partial charge in [-0.3, -0.25) is 4.79 Å². The summed E-state index contributed by atoms with van der Waals surface area (Å²) in [6.07, 6.45) is 3.08. The van der Waals surface area contributed by atoms with Gasteiger partial charge in [-0.1, -0.05) is 48.7 Å². The zero-order valence-electron chi connectivity index (χ0n) is 12.4. The van der Waals surface area contributed by atoms with Crippen molar-refractivity contribution in [3.8, 4) is 0 Å². The number of esters is 1. The van der Waals surface area contributed by atoms with Gasteiger partial charge in [0, 0.05) is 17.3 Å².